The molecule has 174 valence electrons. The first kappa shape index (κ1) is 22.7. The van der Waals surface area contributed by atoms with E-state index in [2.05, 4.69) is 42.2 Å². The minimum absolute atomic E-state index is 0.0936. The van der Waals surface area contributed by atoms with E-state index < -0.39 is 4.92 Å². The maximum Gasteiger partial charge on any atom is 0.433 e. The molecule has 9 heteroatoms. The Morgan fingerprint density at radius 3 is 2.61 bits per heavy atom. The minimum Gasteiger partial charge on any atom is -0.397 e. The van der Waals surface area contributed by atoms with Crippen molar-refractivity contribution in [1.82, 2.24) is 19.5 Å². The van der Waals surface area contributed by atoms with Crippen molar-refractivity contribution < 1.29 is 9.34 Å². The van der Waals surface area contributed by atoms with Crippen molar-refractivity contribution >= 4 is 28.0 Å². The van der Waals surface area contributed by atoms with Gasteiger partial charge in [0.15, 0.2) is 11.6 Å². The highest BCUT2D eigenvalue weighted by molar-refractivity contribution is 5.93. The zero-order valence-electron chi connectivity index (χ0n) is 19.4. The Morgan fingerprint density at radius 1 is 1.15 bits per heavy atom. The highest BCUT2D eigenvalue weighted by Crippen LogP contribution is 2.34. The van der Waals surface area contributed by atoms with Crippen molar-refractivity contribution in [2.75, 3.05) is 0 Å². The van der Waals surface area contributed by atoms with E-state index in [4.69, 9.17) is 9.40 Å². The Kier molecular flexibility index (Phi) is 6.31. The van der Waals surface area contributed by atoms with Crippen LogP contribution in [0.15, 0.2) is 33.5 Å². The second kappa shape index (κ2) is 9.17. The van der Waals surface area contributed by atoms with E-state index in [1.165, 1.54) is 6.07 Å². The molecule has 1 atom stereocenters. The van der Waals surface area contributed by atoms with E-state index >= 15 is 0 Å². The van der Waals surface area contributed by atoms with Crippen LogP contribution in [0.3, 0.4) is 0 Å². The quantitative estimate of drug-likeness (QED) is 0.196. The molecule has 1 N–H and O–H groups in total. The molecule has 1 aromatic carbocycles. The van der Waals surface area contributed by atoms with Crippen LogP contribution in [0.4, 0.5) is 5.88 Å². The summed E-state index contributed by atoms with van der Waals surface area (Å²) in [5.41, 5.74) is 3.16. The first-order valence-electron chi connectivity index (χ1n) is 11.5. The van der Waals surface area contributed by atoms with E-state index in [1.54, 1.807) is 6.07 Å². The first-order valence-corrected chi connectivity index (χ1v) is 11.5. The monoisotopic (exact) mass is 451 g/mol. The maximum absolute atomic E-state index is 12.5. The number of aromatic nitrogens is 4. The van der Waals surface area contributed by atoms with Crippen molar-refractivity contribution in [3.05, 3.63) is 50.4 Å². The van der Waals surface area contributed by atoms with Crippen LogP contribution in [0.1, 0.15) is 65.1 Å². The first-order chi connectivity index (χ1) is 15.8. The molecule has 3 heterocycles. The summed E-state index contributed by atoms with van der Waals surface area (Å²) in [5, 5.41) is 11.2. The van der Waals surface area contributed by atoms with Gasteiger partial charge in [0, 0.05) is 6.04 Å². The van der Waals surface area contributed by atoms with Gasteiger partial charge in [0.05, 0.1) is 28.1 Å². The lowest BCUT2D eigenvalue weighted by Crippen LogP contribution is -2.17. The smallest absolute Gasteiger partial charge is 0.397 e. The van der Waals surface area contributed by atoms with Gasteiger partial charge in [0.25, 0.3) is 5.56 Å². The van der Waals surface area contributed by atoms with Gasteiger partial charge in [-0.25, -0.2) is 9.97 Å². The van der Waals surface area contributed by atoms with Crippen molar-refractivity contribution in [3.8, 4) is 11.6 Å². The highest BCUT2D eigenvalue weighted by atomic mass is 16.6. The number of nitrogens with one attached hydrogen (secondary N) is 1. The van der Waals surface area contributed by atoms with Gasteiger partial charge in [0.1, 0.15) is 10.6 Å². The third kappa shape index (κ3) is 4.53. The molecule has 0 aliphatic carbocycles. The number of benzene rings is 1. The average Bonchev–Trinajstić information content (AvgIpc) is 3.37. The molecule has 0 amide bonds. The molecule has 0 bridgehead atoms. The average molecular weight is 452 g/mol. The lowest BCUT2D eigenvalue weighted by atomic mass is 10.1. The van der Waals surface area contributed by atoms with Gasteiger partial charge in [-0.3, -0.25) is 14.9 Å². The summed E-state index contributed by atoms with van der Waals surface area (Å²) in [6.45, 7) is 8.39. The van der Waals surface area contributed by atoms with Crippen LogP contribution in [0.25, 0.3) is 33.7 Å². The normalized spacial score (nSPS) is 12.8. The fraction of sp³-hybridized carbons (Fsp3) is 0.458. The summed E-state index contributed by atoms with van der Waals surface area (Å²) < 4.78 is 7.57. The number of imidazole rings is 1. The van der Waals surface area contributed by atoms with Crippen molar-refractivity contribution in [2.24, 2.45) is 5.92 Å². The van der Waals surface area contributed by atoms with Gasteiger partial charge < -0.3 is 14.0 Å². The van der Waals surface area contributed by atoms with Crippen LogP contribution in [0.5, 0.6) is 0 Å². The summed E-state index contributed by atoms with van der Waals surface area (Å²) in [5.74, 6) is 0.857. The Hall–Kier alpha value is -3.49. The fourth-order valence-electron chi connectivity index (χ4n) is 4.22. The number of nitrogens with zero attached hydrogens (tertiary/aromatic N) is 4. The number of nitro groups is 1. The molecule has 1 unspecified atom stereocenters. The number of hydrogen-bond donors (Lipinski definition) is 1. The standard InChI is InChI=1S/C24H29N5O4/c1-5-6-7-8-15(4)28-20-13-17-16(27-24(30)19(25-17)11-14(2)3)12-18(20)26-23(28)21-9-10-22(33-21)29(31)32/h9-10,12-15H,5-8,11H2,1-4H3,(H,27,30). The molecule has 0 aliphatic rings. The van der Waals surface area contributed by atoms with Gasteiger partial charge in [-0.2, -0.15) is 0 Å². The summed E-state index contributed by atoms with van der Waals surface area (Å²) in [4.78, 5) is 35.4. The predicted molar refractivity (Wildman–Crippen MR) is 127 cm³/mol. The molecule has 0 aliphatic heterocycles. The second-order valence-electron chi connectivity index (χ2n) is 9.01. The zero-order chi connectivity index (χ0) is 23.7. The van der Waals surface area contributed by atoms with E-state index in [1.807, 2.05) is 12.1 Å². The van der Waals surface area contributed by atoms with Crippen LogP contribution in [-0.2, 0) is 6.42 Å². The largest absolute Gasteiger partial charge is 0.433 e. The predicted octanol–water partition coefficient (Wildman–Crippen LogP) is 5.78. The van der Waals surface area contributed by atoms with Crippen LogP contribution in [0, 0.1) is 16.0 Å². The number of hydrogen-bond acceptors (Lipinski definition) is 6. The molecule has 4 aromatic rings. The summed E-state index contributed by atoms with van der Waals surface area (Å²) in [6.07, 6.45) is 4.84. The molecule has 4 rings (SSSR count). The molecule has 3 aromatic heterocycles. The lowest BCUT2D eigenvalue weighted by Gasteiger charge is -2.17. The number of furan rings is 1. The number of H-pyrrole nitrogens is 1. The Morgan fingerprint density at radius 2 is 1.94 bits per heavy atom. The zero-order valence-corrected chi connectivity index (χ0v) is 19.4. The maximum atomic E-state index is 12.5. The van der Waals surface area contributed by atoms with E-state index in [9.17, 15) is 14.9 Å². The molecule has 0 radical (unpaired) electrons. The SMILES string of the molecule is CCCCCC(C)n1c(-c2ccc([N+](=O)[O-])o2)nc2cc3[nH]c(=O)c(CC(C)C)nc3cc21. The van der Waals surface area contributed by atoms with E-state index in [0.717, 1.165) is 31.2 Å². The third-order valence-electron chi connectivity index (χ3n) is 5.83. The number of fused-ring (bicyclic) bond motifs is 2. The van der Waals surface area contributed by atoms with Crippen LogP contribution in [0.2, 0.25) is 0 Å². The van der Waals surface area contributed by atoms with Gasteiger partial charge in [-0.1, -0.05) is 40.0 Å². The molecule has 0 saturated carbocycles. The molecule has 33 heavy (non-hydrogen) atoms. The number of rotatable bonds is 9. The van der Waals surface area contributed by atoms with Crippen molar-refractivity contribution in [2.45, 2.75) is 65.8 Å². The fourth-order valence-corrected chi connectivity index (χ4v) is 4.22. The summed E-state index contributed by atoms with van der Waals surface area (Å²) in [6, 6.07) is 6.77. The Bertz CT molecular complexity index is 1360. The summed E-state index contributed by atoms with van der Waals surface area (Å²) >= 11 is 0. The van der Waals surface area contributed by atoms with Crippen molar-refractivity contribution in [3.63, 3.8) is 0 Å². The van der Waals surface area contributed by atoms with Crippen molar-refractivity contribution in [1.29, 1.82) is 0 Å². The number of aromatic amines is 1. The molecular formula is C24H29N5O4. The van der Waals surface area contributed by atoms with Crippen LogP contribution in [-0.4, -0.2) is 24.4 Å². The molecule has 0 fully saturated rings. The lowest BCUT2D eigenvalue weighted by molar-refractivity contribution is -0.401. The van der Waals surface area contributed by atoms with E-state index in [-0.39, 0.29) is 17.5 Å². The molecule has 0 spiro atoms. The van der Waals surface area contributed by atoms with Gasteiger partial charge >= 0.3 is 5.88 Å². The van der Waals surface area contributed by atoms with E-state index in [0.29, 0.717) is 46.2 Å². The molecule has 0 saturated heterocycles. The van der Waals surface area contributed by atoms with Crippen LogP contribution < -0.4 is 5.56 Å². The summed E-state index contributed by atoms with van der Waals surface area (Å²) in [7, 11) is 0. The highest BCUT2D eigenvalue weighted by Gasteiger charge is 2.23. The minimum atomic E-state index is -0.555. The number of unbranched alkanes of at least 4 members (excludes halogenated alkanes) is 2. The van der Waals surface area contributed by atoms with Gasteiger partial charge in [0.2, 0.25) is 0 Å². The van der Waals surface area contributed by atoms with Crippen LogP contribution >= 0.6 is 0 Å². The van der Waals surface area contributed by atoms with Gasteiger partial charge in [-0.15, -0.1) is 0 Å². The Labute approximate surface area is 191 Å². The van der Waals surface area contributed by atoms with Gasteiger partial charge in [-0.05, 0) is 43.9 Å². The Balaban J connectivity index is 1.91. The third-order valence-corrected chi connectivity index (χ3v) is 5.83. The topological polar surface area (TPSA) is 120 Å². The second-order valence-corrected chi connectivity index (χ2v) is 9.01. The molecular weight excluding hydrogens is 422 g/mol. The molecule has 9 nitrogen and oxygen atoms in total.